The highest BCUT2D eigenvalue weighted by Crippen LogP contribution is 2.49. The summed E-state index contributed by atoms with van der Waals surface area (Å²) in [7, 11) is 1.53. The first kappa shape index (κ1) is 45.0. The Balaban J connectivity index is 1.62. The van der Waals surface area contributed by atoms with Gasteiger partial charge in [-0.15, -0.1) is 0 Å². The topological polar surface area (TPSA) is 170 Å². The molecule has 1 fully saturated rings. The van der Waals surface area contributed by atoms with E-state index in [2.05, 4.69) is 0 Å². The van der Waals surface area contributed by atoms with Gasteiger partial charge in [0, 0.05) is 24.4 Å². The third-order valence-corrected chi connectivity index (χ3v) is 10.6. The lowest BCUT2D eigenvalue weighted by atomic mass is 9.76. The van der Waals surface area contributed by atoms with Crippen molar-refractivity contribution in [3.63, 3.8) is 0 Å². The van der Waals surface area contributed by atoms with Gasteiger partial charge in [-0.1, -0.05) is 78.3 Å². The first-order chi connectivity index (χ1) is 29.6. The van der Waals surface area contributed by atoms with Gasteiger partial charge in [0.15, 0.2) is 11.7 Å². The maximum absolute atomic E-state index is 14.2. The zero-order valence-electron chi connectivity index (χ0n) is 34.6. The molecule has 1 N–H and O–H groups in total. The molecule has 13 nitrogen and oxygen atoms in total. The third kappa shape index (κ3) is 10.1. The summed E-state index contributed by atoms with van der Waals surface area (Å²) in [6, 6.07) is 33.8. The summed E-state index contributed by atoms with van der Waals surface area (Å²) in [5.41, 5.74) is -0.761. The minimum Gasteiger partial charge on any atom is -0.497 e. The molecule has 0 saturated carbocycles. The molecule has 0 unspecified atom stereocenters. The van der Waals surface area contributed by atoms with E-state index in [0.717, 1.165) is 6.92 Å². The molecule has 0 aromatic heterocycles. The minimum absolute atomic E-state index is 0.0376. The molecule has 0 radical (unpaired) electrons. The second kappa shape index (κ2) is 19.4. The zero-order valence-corrected chi connectivity index (χ0v) is 35.3. The molecule has 0 bridgehead atoms. The number of hydrogen-bond donors (Lipinski definition) is 1. The SMILES string of the molecule is COc1ccc(Cc2c(Cl)cc(COC(C)=O)cc2[C@@]2(O)O[C@H]([C@H](C)OC(=O)c3ccccc3)[C@@](C)(OC(C)=O)[C@H](OC(=O)c3ccccc3)[C@H]2OC(=O)c2ccccc2)cc1. The van der Waals surface area contributed by atoms with Crippen molar-refractivity contribution >= 4 is 41.4 Å². The van der Waals surface area contributed by atoms with Gasteiger partial charge >= 0.3 is 29.8 Å². The summed E-state index contributed by atoms with van der Waals surface area (Å²) in [5.74, 6) is -6.51. The van der Waals surface area contributed by atoms with Crippen LogP contribution in [0.1, 0.15) is 81.0 Å². The van der Waals surface area contributed by atoms with Crippen LogP contribution in [0.2, 0.25) is 5.02 Å². The lowest BCUT2D eigenvalue weighted by molar-refractivity contribution is -0.382. The highest BCUT2D eigenvalue weighted by molar-refractivity contribution is 6.31. The predicted octanol–water partition coefficient (Wildman–Crippen LogP) is 7.56. The van der Waals surface area contributed by atoms with Crippen LogP contribution < -0.4 is 4.74 Å². The number of aliphatic hydroxyl groups is 1. The van der Waals surface area contributed by atoms with Crippen molar-refractivity contribution in [3.8, 4) is 5.75 Å². The Bertz CT molecular complexity index is 2390. The standard InChI is InChI=1S/C48H45ClO13/c1-29(58-44(52)34-15-9-6-10-16-34)41-47(4,61-31(3)51)42(59-45(53)35-17-11-7-12-18-35)43(60-46(54)36-19-13-8-14-20-36)48(55,62-41)39-26-33(28-57-30(2)50)27-40(49)38(39)25-32-21-23-37(56-5)24-22-32/h6-24,26-27,29,41-43,55H,25,28H2,1-5H3/t29-,41+,42+,43+,47+,48+/m0/s1. The molecule has 1 aliphatic heterocycles. The number of hydrogen-bond acceptors (Lipinski definition) is 13. The van der Waals surface area contributed by atoms with Crippen molar-refractivity contribution in [1.29, 1.82) is 0 Å². The molecule has 1 aliphatic rings. The Morgan fingerprint density at radius 3 is 1.73 bits per heavy atom. The normalized spacial score (nSPS) is 21.1. The van der Waals surface area contributed by atoms with Crippen LogP contribution in [0, 0.1) is 0 Å². The van der Waals surface area contributed by atoms with Crippen LogP contribution in [-0.4, -0.2) is 72.1 Å². The van der Waals surface area contributed by atoms with Crippen molar-refractivity contribution in [2.45, 2.75) is 76.5 Å². The number of carbonyl (C=O) groups excluding carboxylic acids is 5. The molecule has 0 spiro atoms. The number of carbonyl (C=O) groups is 5. The number of rotatable bonds is 14. The van der Waals surface area contributed by atoms with Gasteiger partial charge in [0.25, 0.3) is 0 Å². The maximum Gasteiger partial charge on any atom is 0.338 e. The van der Waals surface area contributed by atoms with Gasteiger partial charge in [0.2, 0.25) is 11.9 Å². The van der Waals surface area contributed by atoms with E-state index in [0.29, 0.717) is 11.3 Å². The van der Waals surface area contributed by atoms with E-state index in [1.807, 2.05) is 0 Å². The summed E-state index contributed by atoms with van der Waals surface area (Å²) in [6.07, 6.45) is -6.98. The van der Waals surface area contributed by atoms with Crippen molar-refractivity contribution < 1.29 is 62.2 Å². The largest absolute Gasteiger partial charge is 0.497 e. The van der Waals surface area contributed by atoms with E-state index >= 15 is 0 Å². The molecule has 5 aromatic rings. The van der Waals surface area contributed by atoms with E-state index in [4.69, 9.17) is 44.8 Å². The van der Waals surface area contributed by atoms with Crippen LogP contribution in [0.25, 0.3) is 0 Å². The van der Waals surface area contributed by atoms with Gasteiger partial charge in [-0.05, 0) is 97.6 Å². The van der Waals surface area contributed by atoms with E-state index in [9.17, 15) is 29.1 Å². The lowest BCUT2D eigenvalue weighted by Gasteiger charge is -2.55. The minimum atomic E-state index is -2.87. The fourth-order valence-corrected chi connectivity index (χ4v) is 7.67. The Labute approximate surface area is 363 Å². The van der Waals surface area contributed by atoms with Gasteiger partial charge in [-0.25, -0.2) is 14.4 Å². The summed E-state index contributed by atoms with van der Waals surface area (Å²) in [6.45, 7) is 4.84. The molecule has 1 saturated heterocycles. The Morgan fingerprint density at radius 1 is 0.710 bits per heavy atom. The van der Waals surface area contributed by atoms with Gasteiger partial charge in [0.1, 0.15) is 24.6 Å². The van der Waals surface area contributed by atoms with E-state index in [1.165, 1.54) is 70.3 Å². The van der Waals surface area contributed by atoms with Gasteiger partial charge in [0.05, 0.1) is 23.8 Å². The number of ether oxygens (including phenoxy) is 7. The number of halogens is 1. The Hall–Kier alpha value is -6.54. The molecule has 0 aliphatic carbocycles. The van der Waals surface area contributed by atoms with Crippen molar-refractivity contribution in [2.24, 2.45) is 0 Å². The first-order valence-electron chi connectivity index (χ1n) is 19.6. The first-order valence-corrected chi connectivity index (χ1v) is 20.0. The quantitative estimate of drug-likeness (QED) is 0.0858. The summed E-state index contributed by atoms with van der Waals surface area (Å²) < 4.78 is 41.9. The second-order valence-corrected chi connectivity index (χ2v) is 15.2. The number of methoxy groups -OCH3 is 1. The second-order valence-electron chi connectivity index (χ2n) is 14.8. The molecular weight excluding hydrogens is 820 g/mol. The molecule has 322 valence electrons. The van der Waals surface area contributed by atoms with Crippen molar-refractivity contribution in [3.05, 3.63) is 171 Å². The van der Waals surface area contributed by atoms with E-state index < -0.39 is 65.7 Å². The van der Waals surface area contributed by atoms with Gasteiger partial charge in [-0.2, -0.15) is 0 Å². The number of benzene rings is 5. The monoisotopic (exact) mass is 864 g/mol. The fourth-order valence-electron chi connectivity index (χ4n) is 7.37. The van der Waals surface area contributed by atoms with Crippen molar-refractivity contribution in [2.75, 3.05) is 7.11 Å². The highest BCUT2D eigenvalue weighted by Gasteiger charge is 2.68. The average molecular weight is 865 g/mol. The van der Waals surface area contributed by atoms with E-state index in [1.54, 1.807) is 84.9 Å². The molecule has 14 heteroatoms. The van der Waals surface area contributed by atoms with Crippen LogP contribution >= 0.6 is 11.6 Å². The molecule has 0 amide bonds. The highest BCUT2D eigenvalue weighted by atomic mass is 35.5. The van der Waals surface area contributed by atoms with Crippen LogP contribution in [-0.2, 0) is 56.8 Å². The Morgan fingerprint density at radius 2 is 1.23 bits per heavy atom. The lowest BCUT2D eigenvalue weighted by Crippen LogP contribution is -2.73. The molecular formula is C48H45ClO13. The third-order valence-electron chi connectivity index (χ3n) is 10.3. The fraction of sp³-hybridized carbons (Fsp3) is 0.271. The van der Waals surface area contributed by atoms with Crippen LogP contribution in [0.5, 0.6) is 5.75 Å². The summed E-state index contributed by atoms with van der Waals surface area (Å²) in [5, 5.41) is 13.7. The van der Waals surface area contributed by atoms with Crippen LogP contribution in [0.3, 0.4) is 0 Å². The summed E-state index contributed by atoms with van der Waals surface area (Å²) >= 11 is 7.09. The van der Waals surface area contributed by atoms with Crippen LogP contribution in [0.15, 0.2) is 127 Å². The molecule has 6 atom stereocenters. The van der Waals surface area contributed by atoms with E-state index in [-0.39, 0.29) is 51.4 Å². The Kier molecular flexibility index (Phi) is 14.1. The molecule has 62 heavy (non-hydrogen) atoms. The molecule has 5 aromatic carbocycles. The predicted molar refractivity (Wildman–Crippen MR) is 224 cm³/mol. The van der Waals surface area contributed by atoms with Gasteiger partial charge in [-0.3, -0.25) is 9.59 Å². The van der Waals surface area contributed by atoms with Gasteiger partial charge < -0.3 is 38.3 Å². The summed E-state index contributed by atoms with van der Waals surface area (Å²) in [4.78, 5) is 67.2. The van der Waals surface area contributed by atoms with Crippen molar-refractivity contribution in [1.82, 2.24) is 0 Å². The van der Waals surface area contributed by atoms with Crippen LogP contribution in [0.4, 0.5) is 0 Å². The zero-order chi connectivity index (χ0) is 44.6. The molecule has 6 rings (SSSR count). The average Bonchev–Trinajstić information content (AvgIpc) is 3.26. The maximum atomic E-state index is 14.2. The number of esters is 5. The smallest absolute Gasteiger partial charge is 0.338 e. The molecule has 1 heterocycles.